The zero-order valence-electron chi connectivity index (χ0n) is 5.49. The van der Waals surface area contributed by atoms with Crippen molar-refractivity contribution in [3.05, 3.63) is 0 Å². The Morgan fingerprint density at radius 1 is 1.44 bits per heavy atom. The molecular formula is C7H12IN. The summed E-state index contributed by atoms with van der Waals surface area (Å²) >= 11 is 2.59. The van der Waals surface area contributed by atoms with E-state index in [0.717, 1.165) is 9.34 Å². The van der Waals surface area contributed by atoms with Crippen LogP contribution in [0.3, 0.4) is 0 Å². The van der Waals surface area contributed by atoms with Gasteiger partial charge in [-0.05, 0) is 24.7 Å². The van der Waals surface area contributed by atoms with E-state index in [1.54, 1.807) is 0 Å². The molecule has 2 aliphatic rings. The van der Waals surface area contributed by atoms with Gasteiger partial charge in [0.2, 0.25) is 0 Å². The third kappa shape index (κ3) is 1.00. The van der Waals surface area contributed by atoms with Crippen molar-refractivity contribution in [1.29, 1.82) is 0 Å². The van der Waals surface area contributed by atoms with Gasteiger partial charge in [0, 0.05) is 17.0 Å². The van der Waals surface area contributed by atoms with Gasteiger partial charge < -0.3 is 5.32 Å². The lowest BCUT2D eigenvalue weighted by atomic mass is 9.80. The average Bonchev–Trinajstić information content (AvgIpc) is 2.09. The maximum atomic E-state index is 3.36. The highest BCUT2D eigenvalue weighted by Crippen LogP contribution is 2.43. The van der Waals surface area contributed by atoms with Gasteiger partial charge in [0.1, 0.15) is 0 Å². The third-order valence-electron chi connectivity index (χ3n) is 2.64. The predicted molar refractivity (Wildman–Crippen MR) is 47.0 cm³/mol. The normalized spacial score (nSPS) is 39.0. The molecular weight excluding hydrogens is 225 g/mol. The minimum Gasteiger partial charge on any atom is -0.316 e. The van der Waals surface area contributed by atoms with Crippen LogP contribution in [0.25, 0.3) is 0 Å². The van der Waals surface area contributed by atoms with Crippen molar-refractivity contribution >= 4 is 22.6 Å². The van der Waals surface area contributed by atoms with Gasteiger partial charge in [0.05, 0.1) is 0 Å². The Morgan fingerprint density at radius 3 is 2.44 bits per heavy atom. The van der Waals surface area contributed by atoms with Crippen LogP contribution in [0, 0.1) is 5.41 Å². The molecule has 0 aromatic carbocycles. The molecule has 1 aliphatic carbocycles. The number of hydrogen-bond donors (Lipinski definition) is 1. The number of nitrogens with one attached hydrogen (secondary N) is 1. The molecule has 1 nitrogen and oxygen atoms in total. The lowest BCUT2D eigenvalue weighted by Crippen LogP contribution is -2.51. The quantitative estimate of drug-likeness (QED) is 0.498. The lowest BCUT2D eigenvalue weighted by Gasteiger charge is -2.39. The van der Waals surface area contributed by atoms with Crippen LogP contribution in [0.2, 0.25) is 0 Å². The van der Waals surface area contributed by atoms with Crippen LogP contribution in [0.4, 0.5) is 0 Å². The minimum atomic E-state index is 0.770. The minimum absolute atomic E-state index is 0.770. The van der Waals surface area contributed by atoms with Crippen molar-refractivity contribution in [3.63, 3.8) is 0 Å². The van der Waals surface area contributed by atoms with Gasteiger partial charge in [-0.25, -0.2) is 0 Å². The SMILES string of the molecule is I[C@H]1CCC2(CNC2)C1. The van der Waals surface area contributed by atoms with Crippen LogP contribution in [0.5, 0.6) is 0 Å². The molecule has 0 amide bonds. The largest absolute Gasteiger partial charge is 0.316 e. The fourth-order valence-electron chi connectivity index (χ4n) is 1.94. The van der Waals surface area contributed by atoms with E-state index in [1.165, 1.54) is 32.4 Å². The molecule has 1 saturated heterocycles. The van der Waals surface area contributed by atoms with E-state index in [9.17, 15) is 0 Å². The standard InChI is InChI=1S/C7H12IN/c8-6-1-2-7(3-6)4-9-5-7/h6,9H,1-5H2/t6-/m0/s1. The first-order valence-corrected chi connectivity index (χ1v) is 4.90. The molecule has 0 radical (unpaired) electrons. The lowest BCUT2D eigenvalue weighted by molar-refractivity contribution is 0.179. The molecule has 0 unspecified atom stereocenters. The van der Waals surface area contributed by atoms with Gasteiger partial charge in [-0.2, -0.15) is 0 Å². The van der Waals surface area contributed by atoms with Crippen molar-refractivity contribution in [2.24, 2.45) is 5.41 Å². The summed E-state index contributed by atoms with van der Waals surface area (Å²) in [5.74, 6) is 0. The number of halogens is 1. The monoisotopic (exact) mass is 237 g/mol. The van der Waals surface area contributed by atoms with Gasteiger partial charge in [-0.3, -0.25) is 0 Å². The van der Waals surface area contributed by atoms with E-state index in [1.807, 2.05) is 0 Å². The van der Waals surface area contributed by atoms with Gasteiger partial charge in [-0.15, -0.1) is 0 Å². The highest BCUT2D eigenvalue weighted by atomic mass is 127. The van der Waals surface area contributed by atoms with Gasteiger partial charge in [-0.1, -0.05) is 22.6 Å². The van der Waals surface area contributed by atoms with Crippen LogP contribution in [0.15, 0.2) is 0 Å². The molecule has 1 atom stereocenters. The van der Waals surface area contributed by atoms with E-state index < -0.39 is 0 Å². The second-order valence-electron chi connectivity index (χ2n) is 3.44. The summed E-state index contributed by atoms with van der Waals surface area (Å²) in [5.41, 5.74) is 0.770. The summed E-state index contributed by atoms with van der Waals surface area (Å²) in [6, 6.07) is 0. The van der Waals surface area contributed by atoms with Crippen LogP contribution in [0.1, 0.15) is 19.3 Å². The van der Waals surface area contributed by atoms with Gasteiger partial charge >= 0.3 is 0 Å². The first-order chi connectivity index (χ1) is 4.31. The summed E-state index contributed by atoms with van der Waals surface area (Å²) in [6.07, 6.45) is 4.41. The molecule has 52 valence electrons. The molecule has 1 spiro atoms. The smallest absolute Gasteiger partial charge is 0.0116 e. The molecule has 1 N–H and O–H groups in total. The highest BCUT2D eigenvalue weighted by molar-refractivity contribution is 14.1. The van der Waals surface area contributed by atoms with Crippen LogP contribution < -0.4 is 5.32 Å². The molecule has 0 aromatic rings. The number of alkyl halides is 1. The van der Waals surface area contributed by atoms with Crippen molar-refractivity contribution < 1.29 is 0 Å². The van der Waals surface area contributed by atoms with Crippen molar-refractivity contribution in [1.82, 2.24) is 5.32 Å². The van der Waals surface area contributed by atoms with E-state index in [2.05, 4.69) is 27.9 Å². The molecule has 2 heteroatoms. The predicted octanol–water partition coefficient (Wildman–Crippen LogP) is 1.56. The number of rotatable bonds is 0. The highest BCUT2D eigenvalue weighted by Gasteiger charge is 2.42. The van der Waals surface area contributed by atoms with Gasteiger partial charge in [0.25, 0.3) is 0 Å². The Balaban J connectivity index is 1.99. The molecule has 2 rings (SSSR count). The summed E-state index contributed by atoms with van der Waals surface area (Å²) in [6.45, 7) is 2.60. The Labute approximate surface area is 69.7 Å². The molecule has 0 aromatic heterocycles. The van der Waals surface area contributed by atoms with Crippen molar-refractivity contribution in [2.45, 2.75) is 23.2 Å². The average molecular weight is 237 g/mol. The number of hydrogen-bond acceptors (Lipinski definition) is 1. The third-order valence-corrected chi connectivity index (χ3v) is 3.71. The Kier molecular flexibility index (Phi) is 1.49. The molecule has 1 aliphatic heterocycles. The molecule has 1 saturated carbocycles. The first-order valence-electron chi connectivity index (χ1n) is 3.66. The second kappa shape index (κ2) is 2.09. The summed E-state index contributed by atoms with van der Waals surface area (Å²) in [7, 11) is 0. The van der Waals surface area contributed by atoms with Crippen molar-refractivity contribution in [2.75, 3.05) is 13.1 Å². The van der Waals surface area contributed by atoms with Gasteiger partial charge in [0.15, 0.2) is 0 Å². The maximum Gasteiger partial charge on any atom is 0.0116 e. The van der Waals surface area contributed by atoms with Crippen molar-refractivity contribution in [3.8, 4) is 0 Å². The van der Waals surface area contributed by atoms with E-state index in [0.29, 0.717) is 0 Å². The molecule has 1 heterocycles. The fraction of sp³-hybridized carbons (Fsp3) is 1.00. The van der Waals surface area contributed by atoms with Crippen LogP contribution >= 0.6 is 22.6 Å². The first kappa shape index (κ1) is 6.40. The summed E-state index contributed by atoms with van der Waals surface area (Å²) < 4.78 is 0.977. The topological polar surface area (TPSA) is 12.0 Å². The zero-order chi connectivity index (χ0) is 6.32. The Hall–Kier alpha value is 0.690. The molecule has 0 bridgehead atoms. The van der Waals surface area contributed by atoms with Crippen LogP contribution in [-0.2, 0) is 0 Å². The van der Waals surface area contributed by atoms with E-state index in [-0.39, 0.29) is 0 Å². The van der Waals surface area contributed by atoms with E-state index >= 15 is 0 Å². The maximum absolute atomic E-state index is 3.36. The zero-order valence-corrected chi connectivity index (χ0v) is 7.65. The summed E-state index contributed by atoms with van der Waals surface area (Å²) in [5, 5.41) is 3.36. The van der Waals surface area contributed by atoms with Crippen LogP contribution in [-0.4, -0.2) is 17.0 Å². The Bertz CT molecular complexity index is 120. The van der Waals surface area contributed by atoms with E-state index in [4.69, 9.17) is 0 Å². The fourth-order valence-corrected chi connectivity index (χ4v) is 3.18. The molecule has 2 fully saturated rings. The Morgan fingerprint density at radius 2 is 2.22 bits per heavy atom. The second-order valence-corrected chi connectivity index (χ2v) is 5.21. The molecule has 9 heavy (non-hydrogen) atoms. The summed E-state index contributed by atoms with van der Waals surface area (Å²) in [4.78, 5) is 0.